The van der Waals surface area contributed by atoms with E-state index in [-0.39, 0.29) is 161 Å². The van der Waals surface area contributed by atoms with Crippen molar-refractivity contribution in [2.24, 2.45) is 0 Å². The molecule has 0 aromatic heterocycles. The van der Waals surface area contributed by atoms with E-state index in [0.717, 1.165) is 16.9 Å². The Morgan fingerprint density at radius 2 is 1.50 bits per heavy atom. The Balaban J connectivity index is 0. The number of rotatable bonds is 8. The number of benzene rings is 2. The minimum Gasteiger partial charge on any atom is -0.810 e. The SMILES string of the molecule is O=P([O-])([O-])C(CCCc1cccc(Nc2ccccc2)c1)S(=O)(=O)[O-].[K+].[K+].[K+]. The van der Waals surface area contributed by atoms with Gasteiger partial charge in [-0.3, -0.25) is 0 Å². The molecule has 0 saturated heterocycles. The third-order valence-corrected chi connectivity index (χ3v) is 7.01. The molecule has 0 radical (unpaired) electrons. The molecular formula is C16H17K3NO6PS. The molecule has 0 amide bonds. The first-order chi connectivity index (χ1) is 11.7. The largest absolute Gasteiger partial charge is 1.00 e. The Kier molecular flexibility index (Phi) is 19.0. The van der Waals surface area contributed by atoms with E-state index in [2.05, 4.69) is 5.32 Å². The standard InChI is InChI=1S/C16H20NO6PS.3K/c18-24(19,20)16(25(21,22)23)11-5-7-13-6-4-10-15(12-13)17-14-8-2-1-3-9-14;;;/h1-4,6,8-10,12,16-17H,5,7,11H2,(H2,18,19,20)(H,21,22,23);;;/q;3*+1/p-3. The van der Waals surface area contributed by atoms with Crippen molar-refractivity contribution in [1.82, 2.24) is 0 Å². The molecular weight excluding hydrogens is 483 g/mol. The van der Waals surface area contributed by atoms with Crippen LogP contribution in [0.2, 0.25) is 0 Å². The van der Waals surface area contributed by atoms with Gasteiger partial charge < -0.3 is 24.2 Å². The number of nitrogens with one attached hydrogen (secondary N) is 1. The maximum absolute atomic E-state index is 11.0. The maximum atomic E-state index is 11.0. The van der Waals surface area contributed by atoms with E-state index in [4.69, 9.17) is 0 Å². The first-order valence-corrected chi connectivity index (χ1v) is 10.6. The molecule has 1 atom stereocenters. The molecule has 0 heterocycles. The molecule has 0 bridgehead atoms. The van der Waals surface area contributed by atoms with Crippen molar-refractivity contribution in [2.75, 3.05) is 5.32 Å². The van der Waals surface area contributed by atoms with E-state index in [1.54, 1.807) is 12.1 Å². The molecule has 0 aliphatic heterocycles. The summed E-state index contributed by atoms with van der Waals surface area (Å²) in [5.74, 6) is 0. The molecule has 28 heavy (non-hydrogen) atoms. The van der Waals surface area contributed by atoms with Gasteiger partial charge in [0.2, 0.25) is 0 Å². The number of hydrogen-bond acceptors (Lipinski definition) is 7. The van der Waals surface area contributed by atoms with Crippen LogP contribution in [0.15, 0.2) is 54.6 Å². The summed E-state index contributed by atoms with van der Waals surface area (Å²) in [6.07, 6.45) is -0.0713. The maximum Gasteiger partial charge on any atom is 1.00 e. The van der Waals surface area contributed by atoms with Gasteiger partial charge in [-0.1, -0.05) is 37.9 Å². The molecule has 12 heteroatoms. The molecule has 1 unspecified atom stereocenters. The Labute approximate surface area is 293 Å². The smallest absolute Gasteiger partial charge is 0.810 e. The van der Waals surface area contributed by atoms with Gasteiger partial charge in [0.1, 0.15) is 10.1 Å². The average molecular weight is 500 g/mol. The van der Waals surface area contributed by atoms with Crippen LogP contribution in [0.4, 0.5) is 11.4 Å². The molecule has 2 aromatic rings. The van der Waals surface area contributed by atoms with Crippen LogP contribution in [0.5, 0.6) is 0 Å². The molecule has 0 saturated carbocycles. The van der Waals surface area contributed by atoms with Crippen LogP contribution >= 0.6 is 7.60 Å². The first-order valence-electron chi connectivity index (χ1n) is 7.54. The van der Waals surface area contributed by atoms with Gasteiger partial charge in [0.25, 0.3) is 0 Å². The van der Waals surface area contributed by atoms with Gasteiger partial charge in [-0.2, -0.15) is 0 Å². The predicted octanol–water partition coefficient (Wildman–Crippen LogP) is -7.45. The van der Waals surface area contributed by atoms with Gasteiger partial charge in [-0.15, -0.1) is 0 Å². The first kappa shape index (κ1) is 33.4. The van der Waals surface area contributed by atoms with Crippen molar-refractivity contribution < 1.29 is 181 Å². The van der Waals surface area contributed by atoms with Gasteiger partial charge >= 0.3 is 154 Å². The van der Waals surface area contributed by atoms with Gasteiger partial charge in [-0.25, -0.2) is 8.42 Å². The fourth-order valence-electron chi connectivity index (χ4n) is 2.43. The third kappa shape index (κ3) is 12.4. The summed E-state index contributed by atoms with van der Waals surface area (Å²) in [6.45, 7) is 0. The quantitative estimate of drug-likeness (QED) is 0.217. The topological polar surface area (TPSA) is 132 Å². The summed E-state index contributed by atoms with van der Waals surface area (Å²) in [6, 6.07) is 16.8. The molecule has 7 nitrogen and oxygen atoms in total. The monoisotopic (exact) mass is 499 g/mol. The van der Waals surface area contributed by atoms with E-state index in [9.17, 15) is 27.3 Å². The summed E-state index contributed by atoms with van der Waals surface area (Å²) in [7, 11) is -10.7. The summed E-state index contributed by atoms with van der Waals surface area (Å²) in [5, 5.41) is 3.20. The summed E-state index contributed by atoms with van der Waals surface area (Å²) < 4.78 is 43.8. The van der Waals surface area contributed by atoms with Gasteiger partial charge in [-0.05, 0) is 49.1 Å². The summed E-state index contributed by atoms with van der Waals surface area (Å²) in [4.78, 5) is 19.5. The van der Waals surface area contributed by atoms with Crippen molar-refractivity contribution in [3.05, 3.63) is 60.2 Å². The van der Waals surface area contributed by atoms with E-state index >= 15 is 0 Å². The van der Waals surface area contributed by atoms with Crippen LogP contribution in [-0.2, 0) is 21.1 Å². The van der Waals surface area contributed by atoms with Crippen molar-refractivity contribution in [2.45, 2.75) is 24.3 Å². The molecule has 2 aromatic carbocycles. The predicted molar refractivity (Wildman–Crippen MR) is 90.2 cm³/mol. The zero-order valence-electron chi connectivity index (χ0n) is 16.2. The molecule has 0 spiro atoms. The average Bonchev–Trinajstić information content (AvgIpc) is 2.50. The van der Waals surface area contributed by atoms with Gasteiger partial charge in [0, 0.05) is 11.4 Å². The third-order valence-electron chi connectivity index (χ3n) is 3.59. The second-order valence-corrected chi connectivity index (χ2v) is 9.18. The van der Waals surface area contributed by atoms with Gasteiger partial charge in [0.05, 0.1) is 4.99 Å². The zero-order chi connectivity index (χ0) is 18.5. The Morgan fingerprint density at radius 1 is 0.929 bits per heavy atom. The van der Waals surface area contributed by atoms with E-state index in [1.807, 2.05) is 42.5 Å². The van der Waals surface area contributed by atoms with Crippen LogP contribution in [0, 0.1) is 0 Å². The summed E-state index contributed by atoms with van der Waals surface area (Å²) in [5.41, 5.74) is 2.54. The van der Waals surface area contributed by atoms with E-state index < -0.39 is 29.1 Å². The Morgan fingerprint density at radius 3 is 2.04 bits per heavy atom. The second-order valence-electron chi connectivity index (χ2n) is 5.57. The van der Waals surface area contributed by atoms with Crippen molar-refractivity contribution in [3.8, 4) is 0 Å². The fourth-order valence-corrected chi connectivity index (χ4v) is 4.65. The Bertz CT molecular complexity index is 864. The minimum atomic E-state index is -5.49. The number of hydrogen-bond donors (Lipinski definition) is 1. The van der Waals surface area contributed by atoms with E-state index in [0.29, 0.717) is 6.42 Å². The molecule has 2 rings (SSSR count). The van der Waals surface area contributed by atoms with Crippen LogP contribution in [-0.4, -0.2) is 18.0 Å². The van der Waals surface area contributed by atoms with Crippen LogP contribution in [0.1, 0.15) is 18.4 Å². The molecule has 0 aliphatic carbocycles. The molecule has 0 fully saturated rings. The van der Waals surface area contributed by atoms with Crippen molar-refractivity contribution in [1.29, 1.82) is 0 Å². The van der Waals surface area contributed by atoms with Crippen molar-refractivity contribution in [3.63, 3.8) is 0 Å². The van der Waals surface area contributed by atoms with Crippen LogP contribution < -0.4 is 169 Å². The number of para-hydroxylation sites is 1. The molecule has 1 N–H and O–H groups in total. The normalized spacial score (nSPS) is 12.0. The zero-order valence-corrected chi connectivity index (χ0v) is 27.3. The molecule has 136 valence electrons. The van der Waals surface area contributed by atoms with Gasteiger partial charge in [0.15, 0.2) is 0 Å². The van der Waals surface area contributed by atoms with Crippen LogP contribution in [0.3, 0.4) is 0 Å². The fraction of sp³-hybridized carbons (Fsp3) is 0.250. The van der Waals surface area contributed by atoms with Crippen LogP contribution in [0.25, 0.3) is 0 Å². The summed E-state index contributed by atoms with van der Waals surface area (Å²) >= 11 is 0. The number of aryl methyl sites for hydroxylation is 1. The minimum absolute atomic E-state index is 0. The molecule has 0 aliphatic rings. The second kappa shape index (κ2) is 15.9. The Hall–Kier alpha value is 3.21. The van der Waals surface area contributed by atoms with Crippen molar-refractivity contribution >= 4 is 29.1 Å². The van der Waals surface area contributed by atoms with E-state index in [1.165, 1.54) is 0 Å². The number of anilines is 2.